The maximum atomic E-state index is 12.1. The van der Waals surface area contributed by atoms with Crippen LogP contribution in [-0.4, -0.2) is 42.9 Å². The summed E-state index contributed by atoms with van der Waals surface area (Å²) in [5.74, 6) is 0.127. The van der Waals surface area contributed by atoms with Gasteiger partial charge in [-0.1, -0.05) is 56.8 Å². The third-order valence-electron chi connectivity index (χ3n) is 4.78. The molecule has 2 aromatic carbocycles. The predicted octanol–water partition coefficient (Wildman–Crippen LogP) is 3.92. The van der Waals surface area contributed by atoms with Crippen LogP contribution in [0.1, 0.15) is 38.8 Å². The zero-order valence-corrected chi connectivity index (χ0v) is 19.3. The number of thioether (sulfide) groups is 1. The Hall–Kier alpha value is -3.33. The van der Waals surface area contributed by atoms with Gasteiger partial charge in [-0.3, -0.25) is 4.79 Å². The highest BCUT2D eigenvalue weighted by molar-refractivity contribution is 7.99. The molecule has 32 heavy (non-hydrogen) atoms. The lowest BCUT2D eigenvalue weighted by Crippen LogP contribution is -2.20. The zero-order valence-electron chi connectivity index (χ0n) is 18.5. The Balaban J connectivity index is 1.62. The minimum atomic E-state index is -0.295. The van der Waals surface area contributed by atoms with Crippen molar-refractivity contribution in [3.8, 4) is 22.9 Å². The second-order valence-electron chi connectivity index (χ2n) is 8.21. The highest BCUT2D eigenvalue weighted by atomic mass is 32.2. The molecule has 0 radical (unpaired) electrons. The van der Waals surface area contributed by atoms with Gasteiger partial charge in [0.25, 0.3) is 5.91 Å². The van der Waals surface area contributed by atoms with E-state index in [2.05, 4.69) is 53.6 Å². The molecule has 0 aliphatic carbocycles. The smallest absolute Gasteiger partial charge is 0.250 e. The third kappa shape index (κ3) is 5.67. The molecule has 1 aromatic heterocycles. The van der Waals surface area contributed by atoms with Crippen molar-refractivity contribution in [2.75, 3.05) is 5.75 Å². The van der Waals surface area contributed by atoms with E-state index in [-0.39, 0.29) is 28.6 Å². The van der Waals surface area contributed by atoms with Gasteiger partial charge in [0.15, 0.2) is 22.5 Å². The molecule has 0 aliphatic rings. The Kier molecular flexibility index (Phi) is 7.19. The van der Waals surface area contributed by atoms with Crippen LogP contribution in [0.25, 0.3) is 11.4 Å². The third-order valence-corrected chi connectivity index (χ3v) is 5.74. The molecule has 3 N–H and O–H groups in total. The molecule has 3 rings (SSSR count). The summed E-state index contributed by atoms with van der Waals surface area (Å²) in [4.78, 5) is 12.1. The Morgan fingerprint density at radius 3 is 2.47 bits per heavy atom. The Labute approximate surface area is 191 Å². The van der Waals surface area contributed by atoms with Crippen LogP contribution in [0.3, 0.4) is 0 Å². The fourth-order valence-electron chi connectivity index (χ4n) is 2.98. The van der Waals surface area contributed by atoms with Crippen molar-refractivity contribution in [2.45, 2.75) is 44.8 Å². The van der Waals surface area contributed by atoms with Crippen LogP contribution in [0, 0.1) is 0 Å². The SMILES string of the molecule is CCn1c(SCC(=O)N/N=C/c2ccc(O)c(O)c2)nnc1-c1ccc(C(C)(C)C)cc1. The monoisotopic (exact) mass is 453 g/mol. The largest absolute Gasteiger partial charge is 0.504 e. The average Bonchev–Trinajstić information content (AvgIpc) is 3.17. The van der Waals surface area contributed by atoms with E-state index in [1.807, 2.05) is 23.6 Å². The zero-order chi connectivity index (χ0) is 23.3. The van der Waals surface area contributed by atoms with Crippen molar-refractivity contribution in [3.63, 3.8) is 0 Å². The number of nitrogens with one attached hydrogen (secondary N) is 1. The van der Waals surface area contributed by atoms with Crippen molar-refractivity contribution < 1.29 is 15.0 Å². The summed E-state index contributed by atoms with van der Waals surface area (Å²) in [5.41, 5.74) is 5.29. The van der Waals surface area contributed by atoms with Crippen LogP contribution in [0.15, 0.2) is 52.7 Å². The van der Waals surface area contributed by atoms with E-state index in [0.29, 0.717) is 17.3 Å². The van der Waals surface area contributed by atoms with E-state index in [9.17, 15) is 15.0 Å². The summed E-state index contributed by atoms with van der Waals surface area (Å²) in [6.07, 6.45) is 1.38. The van der Waals surface area contributed by atoms with Crippen molar-refractivity contribution >= 4 is 23.9 Å². The fraction of sp³-hybridized carbons (Fsp3) is 0.304. The summed E-state index contributed by atoms with van der Waals surface area (Å²) >= 11 is 1.28. The molecule has 8 nitrogen and oxygen atoms in total. The Bertz CT molecular complexity index is 1120. The lowest BCUT2D eigenvalue weighted by atomic mass is 9.87. The number of rotatable bonds is 7. The highest BCUT2D eigenvalue weighted by Gasteiger charge is 2.17. The molecule has 0 saturated carbocycles. The lowest BCUT2D eigenvalue weighted by Gasteiger charge is -2.19. The van der Waals surface area contributed by atoms with Crippen LogP contribution >= 0.6 is 11.8 Å². The van der Waals surface area contributed by atoms with E-state index >= 15 is 0 Å². The molecular formula is C23H27N5O3S. The van der Waals surface area contributed by atoms with Gasteiger partial charge >= 0.3 is 0 Å². The van der Waals surface area contributed by atoms with E-state index in [4.69, 9.17) is 0 Å². The number of nitrogens with zero attached hydrogens (tertiary/aromatic N) is 4. The maximum absolute atomic E-state index is 12.1. The number of amides is 1. The van der Waals surface area contributed by atoms with E-state index in [0.717, 1.165) is 11.4 Å². The number of phenolic OH excluding ortho intramolecular Hbond substituents is 2. The number of hydrogen-bond acceptors (Lipinski definition) is 7. The highest BCUT2D eigenvalue weighted by Crippen LogP contribution is 2.28. The number of carbonyl (C=O) groups is 1. The molecule has 0 unspecified atom stereocenters. The number of aromatic hydroxyl groups is 2. The van der Waals surface area contributed by atoms with Gasteiger partial charge in [0.2, 0.25) is 0 Å². The molecule has 0 atom stereocenters. The first-order valence-electron chi connectivity index (χ1n) is 10.2. The summed E-state index contributed by atoms with van der Waals surface area (Å²) in [6, 6.07) is 12.6. The summed E-state index contributed by atoms with van der Waals surface area (Å²) in [7, 11) is 0. The number of aromatic nitrogens is 3. The molecule has 168 valence electrons. The molecule has 0 fully saturated rings. The Morgan fingerprint density at radius 1 is 1.12 bits per heavy atom. The van der Waals surface area contributed by atoms with Crippen LogP contribution in [0.5, 0.6) is 11.5 Å². The standard InChI is InChI=1S/C23H27N5O3S/c1-5-28-21(16-7-9-17(10-8-16)23(2,3)4)26-27-22(28)32-14-20(31)25-24-13-15-6-11-18(29)19(30)12-15/h6-13,29-30H,5,14H2,1-4H3,(H,25,31)/b24-13+. The molecule has 0 spiro atoms. The van der Waals surface area contributed by atoms with Crippen LogP contribution in [-0.2, 0) is 16.8 Å². The molecule has 1 heterocycles. The van der Waals surface area contributed by atoms with Crippen molar-refractivity contribution in [3.05, 3.63) is 53.6 Å². The van der Waals surface area contributed by atoms with Crippen LogP contribution in [0.2, 0.25) is 0 Å². The number of hydrogen-bond donors (Lipinski definition) is 3. The van der Waals surface area contributed by atoms with E-state index in [1.165, 1.54) is 35.7 Å². The molecule has 1 amide bonds. The first-order valence-corrected chi connectivity index (χ1v) is 11.2. The normalized spacial score (nSPS) is 11.8. The van der Waals surface area contributed by atoms with Gasteiger partial charge in [-0.25, -0.2) is 5.43 Å². The van der Waals surface area contributed by atoms with Gasteiger partial charge in [0.1, 0.15) is 0 Å². The van der Waals surface area contributed by atoms with Gasteiger partial charge in [-0.15, -0.1) is 10.2 Å². The minimum absolute atomic E-state index is 0.0798. The molecule has 0 bridgehead atoms. The maximum Gasteiger partial charge on any atom is 0.250 e. The molecule has 0 aliphatic heterocycles. The van der Waals surface area contributed by atoms with Gasteiger partial charge < -0.3 is 14.8 Å². The second-order valence-corrected chi connectivity index (χ2v) is 9.15. The van der Waals surface area contributed by atoms with E-state index in [1.54, 1.807) is 6.07 Å². The molecule has 9 heteroatoms. The van der Waals surface area contributed by atoms with Crippen LogP contribution in [0.4, 0.5) is 0 Å². The topological polar surface area (TPSA) is 113 Å². The first-order chi connectivity index (χ1) is 15.2. The lowest BCUT2D eigenvalue weighted by molar-refractivity contribution is -0.118. The minimum Gasteiger partial charge on any atom is -0.504 e. The molecular weight excluding hydrogens is 426 g/mol. The van der Waals surface area contributed by atoms with E-state index < -0.39 is 0 Å². The number of hydrazone groups is 1. The Morgan fingerprint density at radius 2 is 1.84 bits per heavy atom. The molecule has 3 aromatic rings. The van der Waals surface area contributed by atoms with Gasteiger partial charge in [0, 0.05) is 12.1 Å². The second kappa shape index (κ2) is 9.86. The fourth-order valence-corrected chi connectivity index (χ4v) is 3.77. The number of phenols is 2. The summed E-state index contributed by atoms with van der Waals surface area (Å²) < 4.78 is 1.98. The van der Waals surface area contributed by atoms with Crippen molar-refractivity contribution in [1.29, 1.82) is 0 Å². The van der Waals surface area contributed by atoms with Gasteiger partial charge in [-0.2, -0.15) is 5.10 Å². The summed E-state index contributed by atoms with van der Waals surface area (Å²) in [5, 5.41) is 31.9. The van der Waals surface area contributed by atoms with Gasteiger partial charge in [0.05, 0.1) is 12.0 Å². The summed E-state index contributed by atoms with van der Waals surface area (Å²) in [6.45, 7) is 9.21. The average molecular weight is 454 g/mol. The van der Waals surface area contributed by atoms with Crippen LogP contribution < -0.4 is 5.43 Å². The van der Waals surface area contributed by atoms with Crippen molar-refractivity contribution in [1.82, 2.24) is 20.2 Å². The number of carbonyl (C=O) groups excluding carboxylic acids is 1. The van der Waals surface area contributed by atoms with Gasteiger partial charge in [-0.05, 0) is 41.7 Å². The quantitative estimate of drug-likeness (QED) is 0.216. The molecule has 0 saturated heterocycles. The van der Waals surface area contributed by atoms with Crippen molar-refractivity contribution in [2.24, 2.45) is 5.10 Å². The predicted molar refractivity (Wildman–Crippen MR) is 126 cm³/mol. The first kappa shape index (κ1) is 23.3. The number of benzene rings is 2.